The first-order chi connectivity index (χ1) is 26.4. The number of carbonyl (C=O) groups is 3. The van der Waals surface area contributed by atoms with Crippen molar-refractivity contribution in [2.45, 2.75) is 52.2 Å². The number of hydrogen-bond donors (Lipinski definition) is 1. The Morgan fingerprint density at radius 1 is 0.836 bits per heavy atom. The van der Waals surface area contributed by atoms with Crippen molar-refractivity contribution in [3.8, 4) is 22.8 Å². The second-order valence-corrected chi connectivity index (χ2v) is 15.1. The van der Waals surface area contributed by atoms with Crippen LogP contribution in [0.2, 0.25) is 0 Å². The molecule has 0 saturated heterocycles. The molecular weight excluding hydrogens is 691 g/mol. The van der Waals surface area contributed by atoms with Gasteiger partial charge in [-0.3, -0.25) is 9.59 Å². The average molecular weight is 740 g/mol. The molecule has 55 heavy (non-hydrogen) atoms. The third-order valence-electron chi connectivity index (χ3n) is 11.1. The highest BCUT2D eigenvalue weighted by atomic mass is 16.6. The largest absolute Gasteiger partial charge is 0.508 e. The molecule has 1 atom stereocenters. The summed E-state index contributed by atoms with van der Waals surface area (Å²) in [5, 5.41) is 9.79. The third kappa shape index (κ3) is 7.73. The Hall–Kier alpha value is -5.87. The van der Waals surface area contributed by atoms with Gasteiger partial charge in [0.25, 0.3) is 11.8 Å². The maximum absolute atomic E-state index is 14.9. The normalized spacial score (nSPS) is 15.1. The second-order valence-electron chi connectivity index (χ2n) is 15.1. The van der Waals surface area contributed by atoms with Gasteiger partial charge in [-0.25, -0.2) is 4.79 Å². The Morgan fingerprint density at radius 3 is 2.33 bits per heavy atom. The van der Waals surface area contributed by atoms with Crippen LogP contribution in [0, 0.1) is 6.92 Å². The minimum Gasteiger partial charge on any atom is -0.508 e. The number of amides is 3. The fourth-order valence-electron chi connectivity index (χ4n) is 7.69. The van der Waals surface area contributed by atoms with E-state index in [1.807, 2.05) is 80.0 Å². The molecule has 0 unspecified atom stereocenters. The molecule has 2 aliphatic rings. The van der Waals surface area contributed by atoms with Crippen LogP contribution in [0.4, 0.5) is 10.5 Å². The second kappa shape index (κ2) is 15.5. The quantitative estimate of drug-likeness (QED) is 0.180. The van der Waals surface area contributed by atoms with Crippen molar-refractivity contribution in [3.63, 3.8) is 0 Å². The summed E-state index contributed by atoms with van der Waals surface area (Å²) in [7, 11) is 7.70. The number of nitrogens with zero attached hydrogens (tertiary/aromatic N) is 5. The van der Waals surface area contributed by atoms with Crippen LogP contribution in [0.5, 0.6) is 11.5 Å². The smallest absolute Gasteiger partial charge is 0.415 e. The molecule has 0 spiro atoms. The van der Waals surface area contributed by atoms with E-state index >= 15 is 0 Å². The molecule has 10 nitrogen and oxygen atoms in total. The molecule has 3 heterocycles. The monoisotopic (exact) mass is 739 g/mol. The van der Waals surface area contributed by atoms with Gasteiger partial charge in [0.05, 0.1) is 5.56 Å². The number of rotatable bonds is 8. The minimum absolute atomic E-state index is 0.0301. The number of aromatic nitrogens is 1. The molecule has 0 saturated carbocycles. The van der Waals surface area contributed by atoms with Gasteiger partial charge in [0, 0.05) is 74.5 Å². The van der Waals surface area contributed by atoms with Crippen LogP contribution < -0.4 is 9.64 Å². The Kier molecular flexibility index (Phi) is 10.5. The van der Waals surface area contributed by atoms with Crippen molar-refractivity contribution in [2.75, 3.05) is 39.1 Å². The van der Waals surface area contributed by atoms with Crippen LogP contribution in [0.3, 0.4) is 0 Å². The number of carbonyl (C=O) groups excluding carboxylic acids is 3. The predicted molar refractivity (Wildman–Crippen MR) is 215 cm³/mol. The molecule has 0 bridgehead atoms. The van der Waals surface area contributed by atoms with Gasteiger partial charge in [-0.1, -0.05) is 36.4 Å². The fraction of sp³-hybridized carbons (Fsp3) is 0.311. The first-order valence-corrected chi connectivity index (χ1v) is 18.9. The SMILES string of the molecule is Cc1c(C(=O)N(C)c2ccc(O)cc2)cc(-c2cc3c(cc2C(=O)N2Cc4ccccc4C[C@H]2C)CN(C(=O)Oc2cccc(CCN(C)C)c2)CC3)n1C. The van der Waals surface area contributed by atoms with Crippen LogP contribution in [0.15, 0.2) is 91.0 Å². The molecule has 1 N–H and O–H groups in total. The number of likely N-dealkylation sites (N-methyl/N-ethyl adjacent to an activating group) is 1. The van der Waals surface area contributed by atoms with Gasteiger partial charge in [0.2, 0.25) is 0 Å². The predicted octanol–water partition coefficient (Wildman–Crippen LogP) is 7.23. The minimum atomic E-state index is -0.424. The number of fused-ring (bicyclic) bond motifs is 2. The number of phenolic OH excluding ortho intramolecular Hbond substituents is 1. The average Bonchev–Trinajstić information content (AvgIpc) is 3.48. The van der Waals surface area contributed by atoms with Crippen molar-refractivity contribution < 1.29 is 24.2 Å². The van der Waals surface area contributed by atoms with E-state index in [4.69, 9.17) is 4.74 Å². The Labute approximate surface area is 323 Å². The van der Waals surface area contributed by atoms with Gasteiger partial charge in [-0.05, 0) is 130 Å². The molecule has 2 aliphatic heterocycles. The van der Waals surface area contributed by atoms with E-state index in [1.165, 1.54) is 5.56 Å². The summed E-state index contributed by atoms with van der Waals surface area (Å²) in [6, 6.07) is 28.3. The molecule has 4 aromatic carbocycles. The maximum atomic E-state index is 14.9. The maximum Gasteiger partial charge on any atom is 0.415 e. The van der Waals surface area contributed by atoms with Gasteiger partial charge in [0.15, 0.2) is 0 Å². The lowest BCUT2D eigenvalue weighted by Gasteiger charge is -2.36. The van der Waals surface area contributed by atoms with Crippen molar-refractivity contribution in [2.24, 2.45) is 7.05 Å². The lowest BCUT2D eigenvalue weighted by Crippen LogP contribution is -2.43. The van der Waals surface area contributed by atoms with E-state index < -0.39 is 6.09 Å². The summed E-state index contributed by atoms with van der Waals surface area (Å²) in [5.74, 6) is 0.342. The highest BCUT2D eigenvalue weighted by Gasteiger charge is 2.32. The first-order valence-electron chi connectivity index (χ1n) is 18.9. The number of phenols is 1. The molecule has 10 heteroatoms. The molecule has 0 fully saturated rings. The van der Waals surface area contributed by atoms with Crippen molar-refractivity contribution >= 4 is 23.6 Å². The molecule has 284 valence electrons. The van der Waals surface area contributed by atoms with Crippen LogP contribution >= 0.6 is 0 Å². The molecule has 3 amide bonds. The first kappa shape index (κ1) is 37.4. The van der Waals surface area contributed by atoms with E-state index in [1.54, 1.807) is 47.2 Å². The Morgan fingerprint density at radius 2 is 1.58 bits per heavy atom. The van der Waals surface area contributed by atoms with E-state index in [2.05, 4.69) is 30.0 Å². The lowest BCUT2D eigenvalue weighted by atomic mass is 9.90. The van der Waals surface area contributed by atoms with Gasteiger partial charge in [-0.15, -0.1) is 0 Å². The lowest BCUT2D eigenvalue weighted by molar-refractivity contribution is 0.0658. The van der Waals surface area contributed by atoms with Crippen molar-refractivity contribution in [1.82, 2.24) is 19.3 Å². The molecule has 7 rings (SSSR count). The zero-order chi connectivity index (χ0) is 39.0. The topological polar surface area (TPSA) is 98.6 Å². The number of aromatic hydroxyl groups is 1. The van der Waals surface area contributed by atoms with E-state index in [9.17, 15) is 19.5 Å². The summed E-state index contributed by atoms with van der Waals surface area (Å²) < 4.78 is 7.86. The van der Waals surface area contributed by atoms with Gasteiger partial charge < -0.3 is 34.0 Å². The molecular formula is C45H49N5O5. The zero-order valence-electron chi connectivity index (χ0n) is 32.5. The van der Waals surface area contributed by atoms with E-state index in [0.717, 1.165) is 58.6 Å². The van der Waals surface area contributed by atoms with Gasteiger partial charge in [-0.2, -0.15) is 0 Å². The standard InChI is InChI=1S/C45H49N5O5/c1-29-22-32-11-7-8-12-34(32)28-50(29)44(53)41-25-35-27-49(45(54)55-38-13-9-10-31(23-38)18-20-46(3)4)21-19-33(35)24-40(41)42-26-39(30(2)47(42)5)43(52)48(6)36-14-16-37(51)17-15-36/h7-17,23-26,29,51H,18-22,27-28H2,1-6H3/t29-/m1/s1. The van der Waals surface area contributed by atoms with Crippen LogP contribution in [0.25, 0.3) is 11.3 Å². The summed E-state index contributed by atoms with van der Waals surface area (Å²) in [6.07, 6.45) is 1.76. The number of hydrogen-bond acceptors (Lipinski definition) is 6. The number of anilines is 1. The van der Waals surface area contributed by atoms with E-state index in [0.29, 0.717) is 48.6 Å². The molecule has 5 aromatic rings. The molecule has 1 aromatic heterocycles. The van der Waals surface area contributed by atoms with Crippen LogP contribution in [0.1, 0.15) is 61.2 Å². The number of ether oxygens (including phenoxy) is 1. The van der Waals surface area contributed by atoms with E-state index in [-0.39, 0.29) is 23.6 Å². The summed E-state index contributed by atoms with van der Waals surface area (Å²) in [6.45, 7) is 6.15. The van der Waals surface area contributed by atoms with Crippen molar-refractivity contribution in [1.29, 1.82) is 0 Å². The molecule has 0 radical (unpaired) electrons. The molecule has 0 aliphatic carbocycles. The highest BCUT2D eigenvalue weighted by molar-refractivity contribution is 6.08. The Balaban J connectivity index is 1.23. The highest BCUT2D eigenvalue weighted by Crippen LogP contribution is 2.36. The van der Waals surface area contributed by atoms with Crippen LogP contribution in [-0.2, 0) is 39.4 Å². The van der Waals surface area contributed by atoms with Crippen LogP contribution in [-0.4, -0.2) is 82.6 Å². The zero-order valence-corrected chi connectivity index (χ0v) is 32.5. The Bertz CT molecular complexity index is 2260. The van der Waals surface area contributed by atoms with Gasteiger partial charge >= 0.3 is 6.09 Å². The fourth-order valence-corrected chi connectivity index (χ4v) is 7.69. The number of benzene rings is 4. The summed E-state index contributed by atoms with van der Waals surface area (Å²) in [4.78, 5) is 49.7. The summed E-state index contributed by atoms with van der Waals surface area (Å²) in [5.41, 5.74) is 9.39. The third-order valence-corrected chi connectivity index (χ3v) is 11.1. The summed E-state index contributed by atoms with van der Waals surface area (Å²) >= 11 is 0. The van der Waals surface area contributed by atoms with Crippen molar-refractivity contribution in [3.05, 3.63) is 136 Å². The van der Waals surface area contributed by atoms with Gasteiger partial charge in [0.1, 0.15) is 11.5 Å².